The Labute approximate surface area is 150 Å². The molecule has 0 aliphatic carbocycles. The minimum absolute atomic E-state index is 0.0255. The fourth-order valence-electron chi connectivity index (χ4n) is 1.87. The average Bonchev–Trinajstić information content (AvgIpc) is 2.72. The monoisotopic (exact) mass is 417 g/mol. The molecule has 1 aliphatic heterocycles. The van der Waals surface area contributed by atoms with Crippen LogP contribution in [0.1, 0.15) is 12.5 Å². The minimum atomic E-state index is -1.13. The lowest BCUT2D eigenvalue weighted by molar-refractivity contribution is -0.140. The summed E-state index contributed by atoms with van der Waals surface area (Å²) in [5, 5.41) is 18.7. The summed E-state index contributed by atoms with van der Waals surface area (Å²) in [5.74, 6) is -1.32. The Morgan fingerprint density at radius 3 is 2.83 bits per heavy atom. The molecule has 1 fully saturated rings. The van der Waals surface area contributed by atoms with E-state index in [4.69, 9.17) is 22.1 Å². The summed E-state index contributed by atoms with van der Waals surface area (Å²) in [7, 11) is 0. The molecule has 0 unspecified atom stereocenters. The molecule has 0 saturated carbocycles. The van der Waals surface area contributed by atoms with Crippen molar-refractivity contribution in [3.63, 3.8) is 0 Å². The number of thiocarbonyl (C=S) groups is 1. The zero-order valence-electron chi connectivity index (χ0n) is 11.9. The van der Waals surface area contributed by atoms with Crippen LogP contribution in [0.3, 0.4) is 0 Å². The van der Waals surface area contributed by atoms with E-state index in [1.807, 2.05) is 0 Å². The van der Waals surface area contributed by atoms with Crippen molar-refractivity contribution in [3.05, 3.63) is 27.1 Å². The molecule has 0 spiro atoms. The summed E-state index contributed by atoms with van der Waals surface area (Å²) in [6.07, 6.45) is 1.58. The first-order chi connectivity index (χ1) is 10.8. The van der Waals surface area contributed by atoms with Crippen LogP contribution in [0, 0.1) is 0 Å². The van der Waals surface area contributed by atoms with Gasteiger partial charge in [-0.25, -0.2) is 0 Å². The van der Waals surface area contributed by atoms with Crippen LogP contribution in [-0.2, 0) is 9.59 Å². The lowest BCUT2D eigenvalue weighted by Gasteiger charge is -2.10. The Morgan fingerprint density at radius 1 is 1.52 bits per heavy atom. The van der Waals surface area contributed by atoms with Crippen molar-refractivity contribution in [1.29, 1.82) is 0 Å². The smallest absolute Gasteiger partial charge is 0.323 e. The zero-order valence-corrected chi connectivity index (χ0v) is 15.1. The maximum Gasteiger partial charge on any atom is 0.323 e. The predicted molar refractivity (Wildman–Crippen MR) is 94.5 cm³/mol. The molecule has 2 N–H and O–H groups in total. The molecule has 9 heteroatoms. The number of aromatic hydroxyl groups is 1. The number of carbonyl (C=O) groups excluding carboxylic acids is 1. The molecule has 2 rings (SSSR count). The summed E-state index contributed by atoms with van der Waals surface area (Å²) < 4.78 is 5.96. The quantitative estimate of drug-likeness (QED) is 0.562. The Kier molecular flexibility index (Phi) is 5.66. The van der Waals surface area contributed by atoms with Crippen LogP contribution in [0.5, 0.6) is 11.5 Å². The maximum absolute atomic E-state index is 12.2. The van der Waals surface area contributed by atoms with E-state index in [9.17, 15) is 14.7 Å². The van der Waals surface area contributed by atoms with Gasteiger partial charge in [0.2, 0.25) is 0 Å². The van der Waals surface area contributed by atoms with Crippen molar-refractivity contribution < 1.29 is 24.5 Å². The van der Waals surface area contributed by atoms with E-state index in [-0.39, 0.29) is 15.8 Å². The number of aliphatic carboxylic acids is 1. The number of ether oxygens (including phenoxy) is 1. The molecular weight excluding hydrogens is 406 g/mol. The number of hydrogen-bond donors (Lipinski definition) is 2. The number of carbonyl (C=O) groups is 2. The first-order valence-corrected chi connectivity index (χ1v) is 8.47. The van der Waals surface area contributed by atoms with Crippen molar-refractivity contribution in [3.8, 4) is 11.5 Å². The van der Waals surface area contributed by atoms with Crippen LogP contribution in [0.25, 0.3) is 6.08 Å². The van der Waals surface area contributed by atoms with Gasteiger partial charge in [-0.05, 0) is 46.6 Å². The standard InChI is InChI=1S/C14H12BrNO5S2/c1-2-21-9-4-7(3-8(15)12(9)19)5-10-13(20)16(6-11(17)18)14(22)23-10/h3-5,19H,2,6H2,1H3,(H,17,18)/b10-5-. The number of rotatable bonds is 5. The van der Waals surface area contributed by atoms with Crippen molar-refractivity contribution >= 4 is 62.2 Å². The van der Waals surface area contributed by atoms with Gasteiger partial charge in [0.25, 0.3) is 5.91 Å². The molecule has 0 radical (unpaired) electrons. The lowest BCUT2D eigenvalue weighted by Crippen LogP contribution is -2.33. The number of amides is 1. The van der Waals surface area contributed by atoms with Gasteiger partial charge in [0.15, 0.2) is 11.5 Å². The molecule has 1 saturated heterocycles. The highest BCUT2D eigenvalue weighted by atomic mass is 79.9. The highest BCUT2D eigenvalue weighted by molar-refractivity contribution is 9.10. The molecule has 1 heterocycles. The summed E-state index contributed by atoms with van der Waals surface area (Å²) in [6.45, 7) is 1.70. The number of phenolic OH excluding ortho intramolecular Hbond substituents is 1. The topological polar surface area (TPSA) is 87.1 Å². The van der Waals surface area contributed by atoms with Gasteiger partial charge in [0, 0.05) is 0 Å². The Hall–Kier alpha value is -1.58. The Morgan fingerprint density at radius 2 is 2.22 bits per heavy atom. The number of carboxylic acid groups (broad SMARTS) is 1. The molecule has 1 amide bonds. The van der Waals surface area contributed by atoms with Crippen molar-refractivity contribution in [2.45, 2.75) is 6.92 Å². The third-order valence-corrected chi connectivity index (χ3v) is 4.80. The molecule has 1 aliphatic rings. The van der Waals surface area contributed by atoms with Crippen molar-refractivity contribution in [2.24, 2.45) is 0 Å². The zero-order chi connectivity index (χ0) is 17.1. The summed E-state index contributed by atoms with van der Waals surface area (Å²) in [5.41, 5.74) is 0.619. The maximum atomic E-state index is 12.2. The van der Waals surface area contributed by atoms with Crippen LogP contribution in [-0.4, -0.2) is 44.5 Å². The van der Waals surface area contributed by atoms with E-state index >= 15 is 0 Å². The molecule has 1 aromatic carbocycles. The number of nitrogens with zero attached hydrogens (tertiary/aromatic N) is 1. The van der Waals surface area contributed by atoms with E-state index in [1.165, 1.54) is 0 Å². The number of hydrogen-bond acceptors (Lipinski definition) is 6. The van der Waals surface area contributed by atoms with Crippen LogP contribution in [0.2, 0.25) is 0 Å². The molecule has 6 nitrogen and oxygen atoms in total. The molecule has 23 heavy (non-hydrogen) atoms. The highest BCUT2D eigenvalue weighted by Crippen LogP contribution is 2.38. The predicted octanol–water partition coefficient (Wildman–Crippen LogP) is 2.84. The van der Waals surface area contributed by atoms with E-state index < -0.39 is 18.4 Å². The van der Waals surface area contributed by atoms with Gasteiger partial charge in [-0.3, -0.25) is 14.5 Å². The van der Waals surface area contributed by atoms with Gasteiger partial charge in [0.1, 0.15) is 10.9 Å². The normalized spacial score (nSPS) is 16.3. The number of halogens is 1. The molecule has 1 aromatic rings. The second kappa shape index (κ2) is 7.33. The van der Waals surface area contributed by atoms with Gasteiger partial charge in [-0.15, -0.1) is 0 Å². The van der Waals surface area contributed by atoms with Gasteiger partial charge in [0.05, 0.1) is 16.0 Å². The van der Waals surface area contributed by atoms with Crippen LogP contribution >= 0.6 is 39.9 Å². The number of benzene rings is 1. The number of carboxylic acids is 1. The fraction of sp³-hybridized carbons (Fsp3) is 0.214. The molecule has 0 atom stereocenters. The average molecular weight is 418 g/mol. The molecule has 0 aromatic heterocycles. The fourth-order valence-corrected chi connectivity index (χ4v) is 3.58. The molecule has 122 valence electrons. The largest absolute Gasteiger partial charge is 0.503 e. The summed E-state index contributed by atoms with van der Waals surface area (Å²) in [4.78, 5) is 24.3. The second-order valence-electron chi connectivity index (χ2n) is 4.44. The van der Waals surface area contributed by atoms with Gasteiger partial charge in [-0.1, -0.05) is 24.0 Å². The SMILES string of the molecule is CCOc1cc(/C=C2\SC(=S)N(CC(=O)O)C2=O)cc(Br)c1O. The second-order valence-corrected chi connectivity index (χ2v) is 6.97. The number of phenols is 1. The number of thioether (sulfide) groups is 1. The van der Waals surface area contributed by atoms with E-state index in [1.54, 1.807) is 25.1 Å². The molecular formula is C14H12BrNO5S2. The summed E-state index contributed by atoms with van der Waals surface area (Å²) >= 11 is 9.29. The molecule has 0 bridgehead atoms. The minimum Gasteiger partial charge on any atom is -0.503 e. The third-order valence-electron chi connectivity index (χ3n) is 2.82. The van der Waals surface area contributed by atoms with Gasteiger partial charge >= 0.3 is 5.97 Å². The first-order valence-electron chi connectivity index (χ1n) is 6.46. The van der Waals surface area contributed by atoms with Crippen LogP contribution < -0.4 is 4.74 Å². The van der Waals surface area contributed by atoms with Crippen LogP contribution in [0.4, 0.5) is 0 Å². The van der Waals surface area contributed by atoms with E-state index in [0.29, 0.717) is 21.5 Å². The Balaban J connectivity index is 2.34. The van der Waals surface area contributed by atoms with Gasteiger partial charge < -0.3 is 14.9 Å². The Bertz CT molecular complexity index is 719. The van der Waals surface area contributed by atoms with Crippen molar-refractivity contribution in [2.75, 3.05) is 13.2 Å². The van der Waals surface area contributed by atoms with E-state index in [2.05, 4.69) is 15.9 Å². The van der Waals surface area contributed by atoms with Crippen LogP contribution in [0.15, 0.2) is 21.5 Å². The lowest BCUT2D eigenvalue weighted by atomic mass is 10.2. The summed E-state index contributed by atoms with van der Waals surface area (Å²) in [6, 6.07) is 3.22. The first kappa shape index (κ1) is 17.8. The highest BCUT2D eigenvalue weighted by Gasteiger charge is 2.33. The third kappa shape index (κ3) is 4.04. The van der Waals surface area contributed by atoms with Crippen molar-refractivity contribution in [1.82, 2.24) is 4.90 Å². The van der Waals surface area contributed by atoms with E-state index in [0.717, 1.165) is 16.7 Å². The van der Waals surface area contributed by atoms with Gasteiger partial charge in [-0.2, -0.15) is 0 Å².